The number of hydrogen-bond donors (Lipinski definition) is 6. The van der Waals surface area contributed by atoms with Crippen LogP contribution in [-0.2, 0) is 14.3 Å². The molecular weight excluding hydrogens is 514 g/mol. The van der Waals surface area contributed by atoms with Crippen LogP contribution in [-0.4, -0.2) is 87.5 Å². The highest BCUT2D eigenvalue weighted by Crippen LogP contribution is 2.22. The van der Waals surface area contributed by atoms with E-state index in [0.717, 1.165) is 38.5 Å². The largest absolute Gasteiger partial charge is 0.394 e. The second-order valence-electron chi connectivity index (χ2n) is 11.3. The van der Waals surface area contributed by atoms with Crippen molar-refractivity contribution >= 4 is 5.91 Å². The molecule has 2 unspecified atom stereocenters. The first-order valence-electron chi connectivity index (χ1n) is 15.9. The van der Waals surface area contributed by atoms with Crippen LogP contribution in [0.2, 0.25) is 0 Å². The molecule has 0 aliphatic carbocycles. The van der Waals surface area contributed by atoms with Gasteiger partial charge in [-0.25, -0.2) is 0 Å². The first-order chi connectivity index (χ1) is 19.3. The van der Waals surface area contributed by atoms with E-state index in [2.05, 4.69) is 19.2 Å². The van der Waals surface area contributed by atoms with Crippen LogP contribution < -0.4 is 5.32 Å². The number of carbonyl (C=O) groups excluding carboxylic acids is 1. The lowest BCUT2D eigenvalue weighted by atomic mass is 9.99. The molecule has 9 heteroatoms. The van der Waals surface area contributed by atoms with E-state index in [4.69, 9.17) is 9.47 Å². The number of aliphatic hydroxyl groups is 5. The summed E-state index contributed by atoms with van der Waals surface area (Å²) in [6.45, 7) is 3.65. The molecule has 7 atom stereocenters. The van der Waals surface area contributed by atoms with Gasteiger partial charge >= 0.3 is 0 Å². The molecule has 0 saturated carbocycles. The highest BCUT2D eigenvalue weighted by molar-refractivity contribution is 5.76. The third-order valence-corrected chi connectivity index (χ3v) is 7.61. The Morgan fingerprint density at radius 3 is 1.95 bits per heavy atom. The molecule has 1 rings (SSSR count). The molecule has 0 spiro atoms. The van der Waals surface area contributed by atoms with Crippen LogP contribution >= 0.6 is 0 Å². The smallest absolute Gasteiger partial charge is 0.220 e. The fourth-order valence-electron chi connectivity index (χ4n) is 4.92. The predicted octanol–water partition coefficient (Wildman–Crippen LogP) is 3.88. The van der Waals surface area contributed by atoms with Crippen LogP contribution in [0.1, 0.15) is 123 Å². The van der Waals surface area contributed by atoms with Gasteiger partial charge in [-0.05, 0) is 19.3 Å². The molecular formula is C31H59NO8. The van der Waals surface area contributed by atoms with E-state index < -0.39 is 49.5 Å². The molecule has 1 amide bonds. The minimum Gasteiger partial charge on any atom is -0.394 e. The summed E-state index contributed by atoms with van der Waals surface area (Å²) in [4.78, 5) is 12.7. The average Bonchev–Trinajstić information content (AvgIpc) is 2.95. The van der Waals surface area contributed by atoms with Crippen molar-refractivity contribution in [3.05, 3.63) is 12.2 Å². The van der Waals surface area contributed by atoms with Crippen molar-refractivity contribution in [2.24, 2.45) is 0 Å². The molecule has 1 aliphatic rings. The molecule has 0 aromatic heterocycles. The standard InChI is InChI=1S/C31H59NO8/c1-3-5-7-9-11-12-13-15-16-18-20-25(34)24(32-27(35)21-19-17-14-10-8-6-4-2)23-39-31-30(38)29(37)28(36)26(22-33)40-31/h18,20,24-26,28-31,33-34,36-38H,3-17,19,21-23H2,1-2H3,(H,32,35)/b20-18+/t24-,25+,26+,28+,29?,30?,31+/m0/s1. The number of allylic oxidation sites excluding steroid dienone is 1. The Bertz CT molecular complexity index is 647. The molecule has 1 heterocycles. The molecule has 236 valence electrons. The number of rotatable bonds is 24. The van der Waals surface area contributed by atoms with Gasteiger partial charge in [0.05, 0.1) is 25.4 Å². The van der Waals surface area contributed by atoms with Crippen molar-refractivity contribution in [1.82, 2.24) is 5.32 Å². The Labute approximate surface area is 242 Å². The van der Waals surface area contributed by atoms with Gasteiger partial charge in [0.2, 0.25) is 5.91 Å². The number of unbranched alkanes of at least 4 members (excludes halogenated alkanes) is 14. The first-order valence-corrected chi connectivity index (χ1v) is 15.9. The number of ether oxygens (including phenoxy) is 2. The lowest BCUT2D eigenvalue weighted by molar-refractivity contribution is -0.302. The van der Waals surface area contributed by atoms with Crippen molar-refractivity contribution < 1.29 is 39.8 Å². The van der Waals surface area contributed by atoms with E-state index in [1.807, 2.05) is 6.08 Å². The lowest BCUT2D eigenvalue weighted by Crippen LogP contribution is -2.60. The van der Waals surface area contributed by atoms with Crippen molar-refractivity contribution in [1.29, 1.82) is 0 Å². The fourth-order valence-corrected chi connectivity index (χ4v) is 4.92. The normalized spacial score (nSPS) is 24.8. The summed E-state index contributed by atoms with van der Waals surface area (Å²) in [6.07, 6.45) is 14.2. The number of nitrogens with one attached hydrogen (secondary N) is 1. The molecule has 9 nitrogen and oxygen atoms in total. The summed E-state index contributed by atoms with van der Waals surface area (Å²) >= 11 is 0. The van der Waals surface area contributed by atoms with E-state index in [1.165, 1.54) is 64.2 Å². The minimum atomic E-state index is -1.56. The van der Waals surface area contributed by atoms with Crippen LogP contribution in [0.3, 0.4) is 0 Å². The maximum Gasteiger partial charge on any atom is 0.220 e. The van der Waals surface area contributed by atoms with Crippen LogP contribution in [0, 0.1) is 0 Å². The summed E-state index contributed by atoms with van der Waals surface area (Å²) in [5.74, 6) is -0.188. The lowest BCUT2D eigenvalue weighted by Gasteiger charge is -2.40. The summed E-state index contributed by atoms with van der Waals surface area (Å²) in [7, 11) is 0. The Morgan fingerprint density at radius 2 is 1.38 bits per heavy atom. The molecule has 1 saturated heterocycles. The van der Waals surface area contributed by atoms with E-state index in [1.54, 1.807) is 6.08 Å². The molecule has 6 N–H and O–H groups in total. The van der Waals surface area contributed by atoms with Gasteiger partial charge in [0.15, 0.2) is 6.29 Å². The van der Waals surface area contributed by atoms with Gasteiger partial charge in [-0.2, -0.15) is 0 Å². The topological polar surface area (TPSA) is 149 Å². The third kappa shape index (κ3) is 15.8. The quantitative estimate of drug-likeness (QED) is 0.0753. The van der Waals surface area contributed by atoms with Gasteiger partial charge in [0.1, 0.15) is 24.4 Å². The summed E-state index contributed by atoms with van der Waals surface area (Å²) in [6, 6.07) is -0.792. The van der Waals surface area contributed by atoms with Crippen LogP contribution in [0.15, 0.2) is 12.2 Å². The summed E-state index contributed by atoms with van der Waals surface area (Å²) in [5, 5.41) is 53.4. The number of amides is 1. The minimum absolute atomic E-state index is 0.186. The average molecular weight is 574 g/mol. The van der Waals surface area contributed by atoms with Gasteiger partial charge in [-0.1, -0.05) is 109 Å². The maximum absolute atomic E-state index is 12.7. The van der Waals surface area contributed by atoms with Crippen molar-refractivity contribution in [3.8, 4) is 0 Å². The monoisotopic (exact) mass is 573 g/mol. The fraction of sp³-hybridized carbons (Fsp3) is 0.903. The summed E-state index contributed by atoms with van der Waals surface area (Å²) in [5.41, 5.74) is 0. The van der Waals surface area contributed by atoms with Crippen LogP contribution in [0.25, 0.3) is 0 Å². The Kier molecular flexibility index (Phi) is 21.7. The third-order valence-electron chi connectivity index (χ3n) is 7.61. The SMILES string of the molecule is CCCCCCCCCC/C=C/[C@@H](O)[C@H](CO[C@@H]1O[C@H](CO)[C@@H](O)C(O)C1O)NC(=O)CCCCCCCCC. The van der Waals surface area contributed by atoms with Crippen molar-refractivity contribution in [3.63, 3.8) is 0 Å². The summed E-state index contributed by atoms with van der Waals surface area (Å²) < 4.78 is 11.1. The Hall–Kier alpha value is -1.07. The zero-order valence-corrected chi connectivity index (χ0v) is 25.1. The molecule has 1 aliphatic heterocycles. The second-order valence-corrected chi connectivity index (χ2v) is 11.3. The molecule has 0 aromatic carbocycles. The molecule has 1 fully saturated rings. The highest BCUT2D eigenvalue weighted by Gasteiger charge is 2.44. The Balaban J connectivity index is 2.58. The predicted molar refractivity (Wildman–Crippen MR) is 157 cm³/mol. The van der Waals surface area contributed by atoms with Crippen LogP contribution in [0.4, 0.5) is 0 Å². The van der Waals surface area contributed by atoms with Crippen LogP contribution in [0.5, 0.6) is 0 Å². The highest BCUT2D eigenvalue weighted by atomic mass is 16.7. The molecule has 40 heavy (non-hydrogen) atoms. The Morgan fingerprint density at radius 1 is 0.825 bits per heavy atom. The molecule has 0 bridgehead atoms. The number of hydrogen-bond acceptors (Lipinski definition) is 8. The van der Waals surface area contributed by atoms with E-state index >= 15 is 0 Å². The van der Waals surface area contributed by atoms with E-state index in [-0.39, 0.29) is 12.5 Å². The van der Waals surface area contributed by atoms with Gasteiger partial charge in [-0.15, -0.1) is 0 Å². The first kappa shape index (κ1) is 37.0. The van der Waals surface area contributed by atoms with Gasteiger partial charge in [0, 0.05) is 6.42 Å². The number of aliphatic hydroxyl groups excluding tert-OH is 5. The molecule has 0 aromatic rings. The molecule has 0 radical (unpaired) electrons. The van der Waals surface area contributed by atoms with Crippen molar-refractivity contribution in [2.75, 3.05) is 13.2 Å². The second kappa shape index (κ2) is 23.5. The van der Waals surface area contributed by atoms with E-state index in [9.17, 15) is 30.3 Å². The maximum atomic E-state index is 12.7. The van der Waals surface area contributed by atoms with Crippen molar-refractivity contribution in [2.45, 2.75) is 166 Å². The van der Waals surface area contributed by atoms with E-state index in [0.29, 0.717) is 6.42 Å². The van der Waals surface area contributed by atoms with Gasteiger partial charge in [0.25, 0.3) is 0 Å². The van der Waals surface area contributed by atoms with Gasteiger partial charge in [-0.3, -0.25) is 4.79 Å². The zero-order chi connectivity index (χ0) is 29.6. The number of carbonyl (C=O) groups is 1. The zero-order valence-electron chi connectivity index (χ0n) is 25.1. The van der Waals surface area contributed by atoms with Gasteiger partial charge < -0.3 is 40.3 Å².